The second-order valence-corrected chi connectivity index (χ2v) is 6.94. The number of amides is 2. The SMILES string of the molecule is Cc1cc(Br)ccc1SCC(=O)NNC(=O)c1ccc([N+](=O)[O-])cc1. The van der Waals surface area contributed by atoms with Gasteiger partial charge in [0.15, 0.2) is 0 Å². The summed E-state index contributed by atoms with van der Waals surface area (Å²) >= 11 is 4.74. The van der Waals surface area contributed by atoms with Crippen molar-refractivity contribution in [1.29, 1.82) is 0 Å². The van der Waals surface area contributed by atoms with Crippen LogP contribution >= 0.6 is 27.7 Å². The number of carbonyl (C=O) groups excluding carboxylic acids is 2. The van der Waals surface area contributed by atoms with Crippen LogP contribution < -0.4 is 10.9 Å². The number of carbonyl (C=O) groups is 2. The van der Waals surface area contributed by atoms with E-state index in [1.165, 1.54) is 36.0 Å². The first-order chi connectivity index (χ1) is 11.9. The van der Waals surface area contributed by atoms with Crippen molar-refractivity contribution in [1.82, 2.24) is 10.9 Å². The van der Waals surface area contributed by atoms with Crippen LogP contribution in [0.5, 0.6) is 0 Å². The van der Waals surface area contributed by atoms with Crippen molar-refractivity contribution >= 4 is 45.2 Å². The molecule has 9 heteroatoms. The van der Waals surface area contributed by atoms with E-state index < -0.39 is 10.8 Å². The topological polar surface area (TPSA) is 101 Å². The molecular weight excluding hydrogens is 410 g/mol. The molecule has 0 aliphatic rings. The standard InChI is InChI=1S/C16H14BrN3O4S/c1-10-8-12(17)4-7-14(10)25-9-15(21)18-19-16(22)11-2-5-13(6-3-11)20(23)24/h2-8H,9H2,1H3,(H,18,21)(H,19,22). The molecule has 2 N–H and O–H groups in total. The van der Waals surface area contributed by atoms with Crippen LogP contribution in [0.15, 0.2) is 51.8 Å². The zero-order valence-electron chi connectivity index (χ0n) is 13.1. The number of halogens is 1. The number of rotatable bonds is 5. The summed E-state index contributed by atoms with van der Waals surface area (Å²) < 4.78 is 0.967. The number of nitro groups is 1. The van der Waals surface area contributed by atoms with Crippen LogP contribution in [0.4, 0.5) is 5.69 Å². The van der Waals surface area contributed by atoms with Crippen LogP contribution in [-0.4, -0.2) is 22.5 Å². The quantitative estimate of drug-likeness (QED) is 0.436. The maximum absolute atomic E-state index is 11.9. The molecule has 2 aromatic carbocycles. The number of aryl methyl sites for hydroxylation is 1. The summed E-state index contributed by atoms with van der Waals surface area (Å²) in [5.74, 6) is -0.765. The van der Waals surface area contributed by atoms with E-state index in [0.29, 0.717) is 0 Å². The average molecular weight is 424 g/mol. The van der Waals surface area contributed by atoms with Gasteiger partial charge in [-0.05, 0) is 42.8 Å². The number of non-ortho nitro benzene ring substituents is 1. The Morgan fingerprint density at radius 2 is 1.84 bits per heavy atom. The van der Waals surface area contributed by atoms with Crippen LogP contribution in [-0.2, 0) is 4.79 Å². The molecule has 2 rings (SSSR count). The average Bonchev–Trinajstić information content (AvgIpc) is 2.59. The van der Waals surface area contributed by atoms with E-state index in [1.54, 1.807) is 0 Å². The fourth-order valence-corrected chi connectivity index (χ4v) is 3.17. The third-order valence-electron chi connectivity index (χ3n) is 3.15. The maximum Gasteiger partial charge on any atom is 0.269 e. The Bertz CT molecular complexity index is 812. The third kappa shape index (κ3) is 5.57. The van der Waals surface area contributed by atoms with Gasteiger partial charge in [0.05, 0.1) is 10.7 Å². The fourth-order valence-electron chi connectivity index (χ4n) is 1.89. The highest BCUT2D eigenvalue weighted by atomic mass is 79.9. The Balaban J connectivity index is 1.82. The molecule has 0 radical (unpaired) electrons. The monoisotopic (exact) mass is 423 g/mol. The van der Waals surface area contributed by atoms with Crippen molar-refractivity contribution in [2.75, 3.05) is 5.75 Å². The van der Waals surface area contributed by atoms with Crippen molar-refractivity contribution in [3.63, 3.8) is 0 Å². The number of nitrogens with one attached hydrogen (secondary N) is 2. The highest BCUT2D eigenvalue weighted by molar-refractivity contribution is 9.10. The molecule has 0 heterocycles. The fraction of sp³-hybridized carbons (Fsp3) is 0.125. The van der Waals surface area contributed by atoms with Gasteiger partial charge in [-0.2, -0.15) is 0 Å². The summed E-state index contributed by atoms with van der Waals surface area (Å²) in [7, 11) is 0. The smallest absolute Gasteiger partial charge is 0.269 e. The zero-order chi connectivity index (χ0) is 18.4. The van der Waals surface area contributed by atoms with E-state index in [2.05, 4.69) is 26.8 Å². The largest absolute Gasteiger partial charge is 0.272 e. The molecular formula is C16H14BrN3O4S. The molecule has 130 valence electrons. The van der Waals surface area contributed by atoms with Gasteiger partial charge < -0.3 is 0 Å². The van der Waals surface area contributed by atoms with E-state index >= 15 is 0 Å². The van der Waals surface area contributed by atoms with Gasteiger partial charge in [0, 0.05) is 27.1 Å². The number of hydrogen-bond acceptors (Lipinski definition) is 5. The number of benzene rings is 2. The Hall–Kier alpha value is -2.39. The van der Waals surface area contributed by atoms with E-state index in [1.807, 2.05) is 25.1 Å². The van der Waals surface area contributed by atoms with Crippen molar-refractivity contribution < 1.29 is 14.5 Å². The predicted molar refractivity (Wildman–Crippen MR) is 98.3 cm³/mol. The Labute approximate surface area is 156 Å². The van der Waals surface area contributed by atoms with E-state index in [-0.39, 0.29) is 22.9 Å². The van der Waals surface area contributed by atoms with Crippen LogP contribution in [0.25, 0.3) is 0 Å². The van der Waals surface area contributed by atoms with E-state index in [4.69, 9.17) is 0 Å². The zero-order valence-corrected chi connectivity index (χ0v) is 15.5. The highest BCUT2D eigenvalue weighted by Crippen LogP contribution is 2.25. The van der Waals surface area contributed by atoms with E-state index in [9.17, 15) is 19.7 Å². The minimum atomic E-state index is -0.551. The highest BCUT2D eigenvalue weighted by Gasteiger charge is 2.11. The number of nitrogens with zero attached hydrogens (tertiary/aromatic N) is 1. The van der Waals surface area contributed by atoms with Crippen LogP contribution in [0, 0.1) is 17.0 Å². The molecule has 0 saturated carbocycles. The van der Waals surface area contributed by atoms with Gasteiger partial charge in [-0.3, -0.25) is 30.6 Å². The molecule has 7 nitrogen and oxygen atoms in total. The summed E-state index contributed by atoms with van der Waals surface area (Å²) in [4.78, 5) is 34.7. The van der Waals surface area contributed by atoms with Gasteiger partial charge in [-0.15, -0.1) is 11.8 Å². The van der Waals surface area contributed by atoms with Crippen molar-refractivity contribution in [2.45, 2.75) is 11.8 Å². The number of nitro benzene ring substituents is 1. The maximum atomic E-state index is 11.9. The summed E-state index contributed by atoms with van der Waals surface area (Å²) in [5.41, 5.74) is 5.74. The first-order valence-electron chi connectivity index (χ1n) is 7.09. The van der Waals surface area contributed by atoms with Gasteiger partial charge >= 0.3 is 0 Å². The van der Waals surface area contributed by atoms with Crippen LogP contribution in [0.3, 0.4) is 0 Å². The molecule has 0 aliphatic heterocycles. The lowest BCUT2D eigenvalue weighted by atomic mass is 10.2. The molecule has 0 saturated heterocycles. The van der Waals surface area contributed by atoms with Gasteiger partial charge in [-0.1, -0.05) is 15.9 Å². The minimum absolute atomic E-state index is 0.109. The normalized spacial score (nSPS) is 10.2. The van der Waals surface area contributed by atoms with Gasteiger partial charge in [0.25, 0.3) is 11.6 Å². The summed E-state index contributed by atoms with van der Waals surface area (Å²) in [6.07, 6.45) is 0. The second kappa shape index (κ2) is 8.63. The first kappa shape index (κ1) is 18.9. The second-order valence-electron chi connectivity index (χ2n) is 5.00. The van der Waals surface area contributed by atoms with Crippen molar-refractivity contribution in [3.05, 3.63) is 68.2 Å². The van der Waals surface area contributed by atoms with Crippen molar-refractivity contribution in [2.24, 2.45) is 0 Å². The molecule has 0 atom stereocenters. The lowest BCUT2D eigenvalue weighted by Gasteiger charge is -2.08. The van der Waals surface area contributed by atoms with Gasteiger partial charge in [0.1, 0.15) is 0 Å². The summed E-state index contributed by atoms with van der Waals surface area (Å²) in [6.45, 7) is 1.95. The lowest BCUT2D eigenvalue weighted by molar-refractivity contribution is -0.384. The molecule has 0 unspecified atom stereocenters. The molecule has 25 heavy (non-hydrogen) atoms. The first-order valence-corrected chi connectivity index (χ1v) is 8.87. The molecule has 2 aromatic rings. The molecule has 2 amide bonds. The van der Waals surface area contributed by atoms with Crippen LogP contribution in [0.2, 0.25) is 0 Å². The lowest BCUT2D eigenvalue weighted by Crippen LogP contribution is -2.42. The Kier molecular flexibility index (Phi) is 6.54. The number of hydrogen-bond donors (Lipinski definition) is 2. The molecule has 0 fully saturated rings. The number of hydrazine groups is 1. The van der Waals surface area contributed by atoms with Crippen molar-refractivity contribution in [3.8, 4) is 0 Å². The van der Waals surface area contributed by atoms with Gasteiger partial charge in [-0.25, -0.2) is 0 Å². The third-order valence-corrected chi connectivity index (χ3v) is 4.82. The molecule has 0 bridgehead atoms. The Morgan fingerprint density at radius 3 is 2.44 bits per heavy atom. The van der Waals surface area contributed by atoms with Gasteiger partial charge in [0.2, 0.25) is 5.91 Å². The minimum Gasteiger partial charge on any atom is -0.272 e. The van der Waals surface area contributed by atoms with Crippen LogP contribution in [0.1, 0.15) is 15.9 Å². The Morgan fingerprint density at radius 1 is 1.16 bits per heavy atom. The molecule has 0 aliphatic carbocycles. The predicted octanol–water partition coefficient (Wildman–Crippen LogP) is 3.22. The molecule has 0 spiro atoms. The summed E-state index contributed by atoms with van der Waals surface area (Å²) in [6, 6.07) is 10.8. The number of thioether (sulfide) groups is 1. The molecule has 0 aromatic heterocycles. The summed E-state index contributed by atoms with van der Waals surface area (Å²) in [5, 5.41) is 10.6. The van der Waals surface area contributed by atoms with E-state index in [0.717, 1.165) is 14.9 Å².